The Morgan fingerprint density at radius 1 is 1.22 bits per heavy atom. The lowest BCUT2D eigenvalue weighted by atomic mass is 9.86. The molecule has 0 saturated carbocycles. The van der Waals surface area contributed by atoms with Crippen molar-refractivity contribution in [2.24, 2.45) is 0 Å². The van der Waals surface area contributed by atoms with Crippen molar-refractivity contribution in [1.29, 1.82) is 0 Å². The SMILES string of the molecule is CCCc1nn2c(C=O)c(-c3ccc(C(C)(C)C)cc3)nc2s1. The number of aldehydes is 1. The van der Waals surface area contributed by atoms with Gasteiger partial charge < -0.3 is 0 Å². The summed E-state index contributed by atoms with van der Waals surface area (Å²) < 4.78 is 1.68. The van der Waals surface area contributed by atoms with Crippen LogP contribution in [0.3, 0.4) is 0 Å². The molecule has 0 aliphatic rings. The van der Waals surface area contributed by atoms with E-state index in [1.807, 2.05) is 12.1 Å². The van der Waals surface area contributed by atoms with Crippen molar-refractivity contribution in [2.45, 2.75) is 46.0 Å². The van der Waals surface area contributed by atoms with Crippen molar-refractivity contribution in [2.75, 3.05) is 0 Å². The molecule has 0 spiro atoms. The molecule has 0 aliphatic carbocycles. The van der Waals surface area contributed by atoms with E-state index in [9.17, 15) is 4.79 Å². The first kappa shape index (κ1) is 15.9. The van der Waals surface area contributed by atoms with Crippen LogP contribution in [0.2, 0.25) is 0 Å². The number of benzene rings is 1. The fourth-order valence-corrected chi connectivity index (χ4v) is 3.57. The first-order chi connectivity index (χ1) is 10.9. The van der Waals surface area contributed by atoms with Crippen LogP contribution in [-0.4, -0.2) is 20.9 Å². The highest BCUT2D eigenvalue weighted by Gasteiger charge is 2.18. The second-order valence-corrected chi connectivity index (χ2v) is 7.77. The number of aryl methyl sites for hydroxylation is 1. The summed E-state index contributed by atoms with van der Waals surface area (Å²) in [5.74, 6) is 0. The molecule has 0 amide bonds. The highest BCUT2D eigenvalue weighted by atomic mass is 32.1. The Labute approximate surface area is 140 Å². The summed E-state index contributed by atoms with van der Waals surface area (Å²) in [4.78, 5) is 17.0. The zero-order chi connectivity index (χ0) is 16.6. The van der Waals surface area contributed by atoms with Gasteiger partial charge in [-0.2, -0.15) is 9.61 Å². The number of rotatable bonds is 4. The first-order valence-corrected chi connectivity index (χ1v) is 8.70. The van der Waals surface area contributed by atoms with E-state index in [2.05, 4.69) is 49.9 Å². The molecule has 3 aromatic rings. The molecule has 0 unspecified atom stereocenters. The molecule has 3 rings (SSSR count). The number of nitrogens with zero attached hydrogens (tertiary/aromatic N) is 3. The lowest BCUT2D eigenvalue weighted by molar-refractivity contribution is 0.111. The Morgan fingerprint density at radius 3 is 2.48 bits per heavy atom. The molecule has 0 N–H and O–H groups in total. The predicted molar refractivity (Wildman–Crippen MR) is 94.4 cm³/mol. The number of imidazole rings is 1. The molecule has 0 radical (unpaired) electrons. The maximum atomic E-state index is 11.6. The first-order valence-electron chi connectivity index (χ1n) is 7.88. The predicted octanol–water partition coefficient (Wildman–Crippen LogP) is 4.52. The molecule has 2 heterocycles. The molecule has 0 saturated heterocycles. The van der Waals surface area contributed by atoms with Crippen molar-refractivity contribution in [3.63, 3.8) is 0 Å². The van der Waals surface area contributed by atoms with Crippen LogP contribution in [0.25, 0.3) is 16.2 Å². The topological polar surface area (TPSA) is 47.3 Å². The van der Waals surface area contributed by atoms with Crippen molar-refractivity contribution in [3.05, 3.63) is 40.5 Å². The van der Waals surface area contributed by atoms with Crippen molar-refractivity contribution in [3.8, 4) is 11.3 Å². The van der Waals surface area contributed by atoms with E-state index in [1.165, 1.54) is 5.56 Å². The van der Waals surface area contributed by atoms with E-state index in [1.54, 1.807) is 15.9 Å². The Bertz CT molecular complexity index is 838. The third-order valence-corrected chi connectivity index (χ3v) is 4.85. The van der Waals surface area contributed by atoms with Crippen LogP contribution in [0.1, 0.15) is 55.2 Å². The van der Waals surface area contributed by atoms with Crippen LogP contribution in [0.5, 0.6) is 0 Å². The van der Waals surface area contributed by atoms with Crippen LogP contribution in [0.15, 0.2) is 24.3 Å². The number of aromatic nitrogens is 3. The molecule has 0 bridgehead atoms. The maximum absolute atomic E-state index is 11.6. The molecular formula is C18H21N3OS. The molecular weight excluding hydrogens is 306 g/mol. The normalized spacial score (nSPS) is 12.0. The summed E-state index contributed by atoms with van der Waals surface area (Å²) >= 11 is 1.56. The molecule has 2 aromatic heterocycles. The van der Waals surface area contributed by atoms with Gasteiger partial charge in [0.2, 0.25) is 4.96 Å². The molecule has 0 aliphatic heterocycles. The van der Waals surface area contributed by atoms with Gasteiger partial charge in [-0.25, -0.2) is 4.98 Å². The average molecular weight is 327 g/mol. The maximum Gasteiger partial charge on any atom is 0.213 e. The molecule has 4 nitrogen and oxygen atoms in total. The van der Waals surface area contributed by atoms with E-state index in [0.29, 0.717) is 11.4 Å². The second kappa shape index (κ2) is 5.89. The average Bonchev–Trinajstić information content (AvgIpc) is 3.03. The molecule has 5 heteroatoms. The molecule has 120 valence electrons. The third-order valence-electron chi connectivity index (χ3n) is 3.88. The minimum atomic E-state index is 0.108. The minimum Gasteiger partial charge on any atom is -0.296 e. The summed E-state index contributed by atoms with van der Waals surface area (Å²) in [6.07, 6.45) is 2.80. The number of carbonyl (C=O) groups excluding carboxylic acids is 1. The van der Waals surface area contributed by atoms with Gasteiger partial charge in [0.25, 0.3) is 0 Å². The van der Waals surface area contributed by atoms with E-state index >= 15 is 0 Å². The monoisotopic (exact) mass is 327 g/mol. The van der Waals surface area contributed by atoms with E-state index in [0.717, 1.165) is 34.7 Å². The molecule has 1 aromatic carbocycles. The van der Waals surface area contributed by atoms with Gasteiger partial charge in [-0.1, -0.05) is 63.3 Å². The van der Waals surface area contributed by atoms with E-state index in [-0.39, 0.29) is 5.41 Å². The molecule has 0 fully saturated rings. The summed E-state index contributed by atoms with van der Waals surface area (Å²) in [5.41, 5.74) is 3.56. The van der Waals surface area contributed by atoms with Gasteiger partial charge in [0.15, 0.2) is 6.29 Å². The highest BCUT2D eigenvalue weighted by molar-refractivity contribution is 7.16. The minimum absolute atomic E-state index is 0.108. The highest BCUT2D eigenvalue weighted by Crippen LogP contribution is 2.29. The summed E-state index contributed by atoms with van der Waals surface area (Å²) in [7, 11) is 0. The van der Waals surface area contributed by atoms with Gasteiger partial charge in [-0.3, -0.25) is 4.79 Å². The summed E-state index contributed by atoms with van der Waals surface area (Å²) in [6, 6.07) is 8.28. The Morgan fingerprint density at radius 2 is 1.91 bits per heavy atom. The Balaban J connectivity index is 2.05. The second-order valence-electron chi connectivity index (χ2n) is 6.73. The zero-order valence-corrected chi connectivity index (χ0v) is 14.8. The summed E-state index contributed by atoms with van der Waals surface area (Å²) in [5, 5.41) is 5.54. The largest absolute Gasteiger partial charge is 0.296 e. The fraction of sp³-hybridized carbons (Fsp3) is 0.389. The van der Waals surface area contributed by atoms with Crippen LogP contribution in [-0.2, 0) is 11.8 Å². The zero-order valence-electron chi connectivity index (χ0n) is 14.0. The number of hydrogen-bond acceptors (Lipinski definition) is 4. The van der Waals surface area contributed by atoms with E-state index in [4.69, 9.17) is 0 Å². The quantitative estimate of drug-likeness (QED) is 0.662. The Hall–Kier alpha value is -2.01. The van der Waals surface area contributed by atoms with Gasteiger partial charge in [-0.15, -0.1) is 0 Å². The Kier molecular flexibility index (Phi) is 4.06. The van der Waals surface area contributed by atoms with Crippen molar-refractivity contribution < 1.29 is 4.79 Å². The van der Waals surface area contributed by atoms with Crippen LogP contribution in [0.4, 0.5) is 0 Å². The van der Waals surface area contributed by atoms with Crippen molar-refractivity contribution >= 4 is 22.6 Å². The molecule has 23 heavy (non-hydrogen) atoms. The number of hydrogen-bond donors (Lipinski definition) is 0. The van der Waals surface area contributed by atoms with Gasteiger partial charge in [0, 0.05) is 12.0 Å². The lowest BCUT2D eigenvalue weighted by Gasteiger charge is -2.18. The van der Waals surface area contributed by atoms with Crippen LogP contribution < -0.4 is 0 Å². The van der Waals surface area contributed by atoms with Crippen LogP contribution >= 0.6 is 11.3 Å². The lowest BCUT2D eigenvalue weighted by Crippen LogP contribution is -2.10. The van der Waals surface area contributed by atoms with E-state index < -0.39 is 0 Å². The summed E-state index contributed by atoms with van der Waals surface area (Å²) in [6.45, 7) is 8.67. The molecule has 0 atom stereocenters. The van der Waals surface area contributed by atoms with Gasteiger partial charge in [0.1, 0.15) is 16.4 Å². The smallest absolute Gasteiger partial charge is 0.213 e. The van der Waals surface area contributed by atoms with Gasteiger partial charge >= 0.3 is 0 Å². The number of fused-ring (bicyclic) bond motifs is 1. The fourth-order valence-electron chi connectivity index (χ4n) is 2.56. The third kappa shape index (κ3) is 2.93. The van der Waals surface area contributed by atoms with Crippen molar-refractivity contribution in [1.82, 2.24) is 14.6 Å². The number of carbonyl (C=O) groups is 1. The van der Waals surface area contributed by atoms with Crippen LogP contribution in [0, 0.1) is 0 Å². The standard InChI is InChI=1S/C18H21N3OS/c1-5-6-15-20-21-14(11-22)16(19-17(21)23-15)12-7-9-13(10-8-12)18(2,3)4/h7-11H,5-6H2,1-4H3. The van der Waals surface area contributed by atoms with Gasteiger partial charge in [-0.05, 0) is 17.4 Å². The van der Waals surface area contributed by atoms with Gasteiger partial charge in [0.05, 0.1) is 0 Å².